The number of hydrogen-bond donors (Lipinski definition) is 1. The second-order valence-corrected chi connectivity index (χ2v) is 6.54. The third-order valence-corrected chi connectivity index (χ3v) is 4.84. The summed E-state index contributed by atoms with van der Waals surface area (Å²) < 4.78 is 32.2. The minimum Gasteiger partial charge on any atom is -0.495 e. The maximum Gasteiger partial charge on any atom is 0.244 e. The van der Waals surface area contributed by atoms with Gasteiger partial charge in [-0.2, -0.15) is 0 Å². The van der Waals surface area contributed by atoms with Gasteiger partial charge in [0.1, 0.15) is 10.6 Å². The summed E-state index contributed by atoms with van der Waals surface area (Å²) in [5.41, 5.74) is 0.903. The van der Waals surface area contributed by atoms with E-state index in [-0.39, 0.29) is 4.90 Å². The topological polar surface area (TPSA) is 55.4 Å². The molecule has 1 aromatic carbocycles. The molecular weight excluding hydrogens is 250 g/mol. The van der Waals surface area contributed by atoms with E-state index in [1.54, 1.807) is 12.1 Å². The zero-order chi connectivity index (χ0) is 13.2. The van der Waals surface area contributed by atoms with E-state index >= 15 is 0 Å². The van der Waals surface area contributed by atoms with E-state index in [4.69, 9.17) is 4.74 Å². The quantitative estimate of drug-likeness (QED) is 0.890. The summed E-state index contributed by atoms with van der Waals surface area (Å²) in [7, 11) is -1.99. The highest BCUT2D eigenvalue weighted by molar-refractivity contribution is 7.89. The highest BCUT2D eigenvalue weighted by atomic mass is 32.2. The summed E-state index contributed by atoms with van der Waals surface area (Å²) in [5, 5.41) is 0. The van der Waals surface area contributed by atoms with Crippen LogP contribution >= 0.6 is 0 Å². The molecule has 0 atom stereocenters. The van der Waals surface area contributed by atoms with Crippen molar-refractivity contribution in [1.82, 2.24) is 4.72 Å². The van der Waals surface area contributed by atoms with Crippen molar-refractivity contribution in [3.8, 4) is 5.75 Å². The SMILES string of the molecule is COc1ccc(C)cc1S(=O)(=O)NCC1CCC1. The molecule has 1 aromatic rings. The minimum absolute atomic E-state index is 0.226. The van der Waals surface area contributed by atoms with Crippen molar-refractivity contribution in [3.05, 3.63) is 23.8 Å². The first-order chi connectivity index (χ1) is 8.53. The summed E-state index contributed by atoms with van der Waals surface area (Å²) >= 11 is 0. The molecule has 100 valence electrons. The van der Waals surface area contributed by atoms with E-state index in [1.165, 1.54) is 13.5 Å². The lowest BCUT2D eigenvalue weighted by Crippen LogP contribution is -2.32. The van der Waals surface area contributed by atoms with Crippen molar-refractivity contribution in [2.75, 3.05) is 13.7 Å². The third kappa shape index (κ3) is 2.84. The fraction of sp³-hybridized carbons (Fsp3) is 0.538. The minimum atomic E-state index is -3.47. The highest BCUT2D eigenvalue weighted by Crippen LogP contribution is 2.27. The van der Waals surface area contributed by atoms with Gasteiger partial charge < -0.3 is 4.74 Å². The Hall–Kier alpha value is -1.07. The van der Waals surface area contributed by atoms with E-state index < -0.39 is 10.0 Å². The van der Waals surface area contributed by atoms with Crippen molar-refractivity contribution >= 4 is 10.0 Å². The van der Waals surface area contributed by atoms with E-state index in [0.717, 1.165) is 18.4 Å². The molecule has 2 rings (SSSR count). The molecule has 1 aliphatic carbocycles. The maximum absolute atomic E-state index is 12.2. The summed E-state index contributed by atoms with van der Waals surface area (Å²) in [6.45, 7) is 2.39. The van der Waals surface area contributed by atoms with Gasteiger partial charge in [-0.25, -0.2) is 13.1 Å². The molecule has 1 aliphatic rings. The first-order valence-electron chi connectivity index (χ1n) is 6.17. The number of ether oxygens (including phenoxy) is 1. The van der Waals surface area contributed by atoms with Crippen molar-refractivity contribution in [3.63, 3.8) is 0 Å². The van der Waals surface area contributed by atoms with Crippen LogP contribution in [0.3, 0.4) is 0 Å². The second-order valence-electron chi connectivity index (χ2n) is 4.80. The lowest BCUT2D eigenvalue weighted by molar-refractivity contribution is 0.316. The summed E-state index contributed by atoms with van der Waals surface area (Å²) in [4.78, 5) is 0.226. The van der Waals surface area contributed by atoms with Gasteiger partial charge >= 0.3 is 0 Å². The van der Waals surface area contributed by atoms with Crippen LogP contribution in [0.1, 0.15) is 24.8 Å². The average molecular weight is 269 g/mol. The molecule has 0 amide bonds. The first-order valence-corrected chi connectivity index (χ1v) is 7.65. The number of benzene rings is 1. The molecule has 1 saturated carbocycles. The fourth-order valence-electron chi connectivity index (χ4n) is 2.00. The van der Waals surface area contributed by atoms with Crippen molar-refractivity contribution < 1.29 is 13.2 Å². The van der Waals surface area contributed by atoms with Crippen molar-refractivity contribution in [2.24, 2.45) is 5.92 Å². The molecule has 1 N–H and O–H groups in total. The number of hydrogen-bond acceptors (Lipinski definition) is 3. The predicted octanol–water partition coefficient (Wildman–Crippen LogP) is 2.08. The molecule has 0 bridgehead atoms. The molecule has 0 aliphatic heterocycles. The molecule has 18 heavy (non-hydrogen) atoms. The van der Waals surface area contributed by atoms with Crippen molar-refractivity contribution in [2.45, 2.75) is 31.1 Å². The maximum atomic E-state index is 12.2. The predicted molar refractivity (Wildman–Crippen MR) is 70.3 cm³/mol. The van der Waals surface area contributed by atoms with Gasteiger partial charge in [0.15, 0.2) is 0 Å². The molecule has 4 nitrogen and oxygen atoms in total. The van der Waals surface area contributed by atoms with Crippen LogP contribution in [0.2, 0.25) is 0 Å². The first kappa shape index (κ1) is 13.4. The van der Waals surface area contributed by atoms with E-state index in [2.05, 4.69) is 4.72 Å². The lowest BCUT2D eigenvalue weighted by Gasteiger charge is -2.25. The van der Waals surface area contributed by atoms with Gasteiger partial charge in [-0.3, -0.25) is 0 Å². The molecule has 5 heteroatoms. The van der Waals surface area contributed by atoms with Gasteiger partial charge in [0.2, 0.25) is 10.0 Å². The van der Waals surface area contributed by atoms with Crippen LogP contribution < -0.4 is 9.46 Å². The third-order valence-electron chi connectivity index (χ3n) is 3.40. The van der Waals surface area contributed by atoms with Crippen LogP contribution in [0.5, 0.6) is 5.75 Å². The number of methoxy groups -OCH3 is 1. The summed E-state index contributed by atoms with van der Waals surface area (Å²) in [5.74, 6) is 0.886. The van der Waals surface area contributed by atoms with Crippen LogP contribution in [0.25, 0.3) is 0 Å². The number of sulfonamides is 1. The normalized spacial score (nSPS) is 16.3. The summed E-state index contributed by atoms with van der Waals surface area (Å²) in [6.07, 6.45) is 3.45. The van der Waals surface area contributed by atoms with Gasteiger partial charge in [0, 0.05) is 6.54 Å². The highest BCUT2D eigenvalue weighted by Gasteiger charge is 2.23. The molecule has 1 fully saturated rings. The van der Waals surface area contributed by atoms with Gasteiger partial charge in [0.05, 0.1) is 7.11 Å². The zero-order valence-corrected chi connectivity index (χ0v) is 11.6. The molecule has 0 spiro atoms. The Morgan fingerprint density at radius 3 is 2.67 bits per heavy atom. The average Bonchev–Trinajstić information content (AvgIpc) is 2.26. The lowest BCUT2D eigenvalue weighted by atomic mass is 9.86. The number of aryl methyl sites for hydroxylation is 1. The molecule has 0 saturated heterocycles. The van der Waals surface area contributed by atoms with E-state index in [1.807, 2.05) is 13.0 Å². The monoisotopic (exact) mass is 269 g/mol. The Morgan fingerprint density at radius 1 is 1.39 bits per heavy atom. The second kappa shape index (κ2) is 5.28. The molecule has 0 unspecified atom stereocenters. The van der Waals surface area contributed by atoms with Gasteiger partial charge in [-0.05, 0) is 43.4 Å². The Morgan fingerprint density at radius 2 is 2.11 bits per heavy atom. The largest absolute Gasteiger partial charge is 0.495 e. The Balaban J connectivity index is 2.19. The van der Waals surface area contributed by atoms with Crippen LogP contribution in [-0.4, -0.2) is 22.1 Å². The standard InChI is InChI=1S/C13H19NO3S/c1-10-6-7-12(17-2)13(8-10)18(15,16)14-9-11-4-3-5-11/h6-8,11,14H,3-5,9H2,1-2H3. The van der Waals surface area contributed by atoms with E-state index in [9.17, 15) is 8.42 Å². The van der Waals surface area contributed by atoms with Gasteiger partial charge in [0.25, 0.3) is 0 Å². The Labute approximate surface area is 108 Å². The van der Waals surface area contributed by atoms with Gasteiger partial charge in [-0.1, -0.05) is 12.5 Å². The number of rotatable bonds is 5. The fourth-order valence-corrected chi connectivity index (χ4v) is 3.36. The van der Waals surface area contributed by atoms with Crippen LogP contribution in [0.4, 0.5) is 0 Å². The Kier molecular flexibility index (Phi) is 3.92. The smallest absolute Gasteiger partial charge is 0.244 e. The molecule has 0 radical (unpaired) electrons. The van der Waals surface area contributed by atoms with Crippen LogP contribution in [-0.2, 0) is 10.0 Å². The molecule has 0 aromatic heterocycles. The van der Waals surface area contributed by atoms with Crippen LogP contribution in [0.15, 0.2) is 23.1 Å². The Bertz CT molecular complexity index is 521. The summed E-state index contributed by atoms with van der Waals surface area (Å²) in [6, 6.07) is 5.17. The molecular formula is C13H19NO3S. The zero-order valence-electron chi connectivity index (χ0n) is 10.8. The van der Waals surface area contributed by atoms with Gasteiger partial charge in [-0.15, -0.1) is 0 Å². The molecule has 0 heterocycles. The van der Waals surface area contributed by atoms with Crippen molar-refractivity contribution in [1.29, 1.82) is 0 Å². The van der Waals surface area contributed by atoms with Crippen LogP contribution in [0, 0.1) is 12.8 Å². The number of nitrogens with one attached hydrogen (secondary N) is 1. The van der Waals surface area contributed by atoms with E-state index in [0.29, 0.717) is 18.2 Å².